The molecule has 0 aliphatic carbocycles. The predicted octanol–water partition coefficient (Wildman–Crippen LogP) is 2.80. The Bertz CT molecular complexity index is 896. The molecule has 3 aliphatic heterocycles. The summed E-state index contributed by atoms with van der Waals surface area (Å²) in [6.45, 7) is 5.44. The van der Waals surface area contributed by atoms with E-state index < -0.39 is 0 Å². The maximum absolute atomic E-state index is 6.13. The molecular weight excluding hydrogens is 314 g/mol. The minimum atomic E-state index is 0.257. The second-order valence-electron chi connectivity index (χ2n) is 7.12. The van der Waals surface area contributed by atoms with Gasteiger partial charge in [-0.25, -0.2) is 0 Å². The summed E-state index contributed by atoms with van der Waals surface area (Å²) in [6, 6.07) is 10.1. The average molecular weight is 335 g/mol. The molecule has 6 nitrogen and oxygen atoms in total. The molecule has 1 atom stereocenters. The lowest BCUT2D eigenvalue weighted by atomic mass is 9.86. The summed E-state index contributed by atoms with van der Waals surface area (Å²) in [5.41, 5.74) is 3.92. The zero-order valence-electron chi connectivity index (χ0n) is 14.3. The molecule has 1 aromatic carbocycles. The minimum Gasteiger partial charge on any atom is -0.472 e. The Kier molecular flexibility index (Phi) is 3.45. The van der Waals surface area contributed by atoms with Crippen molar-refractivity contribution in [3.05, 3.63) is 36.0 Å². The molecule has 3 fully saturated rings. The summed E-state index contributed by atoms with van der Waals surface area (Å²) in [7, 11) is 0. The molecule has 3 aromatic rings. The molecule has 2 aromatic heterocycles. The van der Waals surface area contributed by atoms with Gasteiger partial charge in [0.15, 0.2) is 0 Å². The van der Waals surface area contributed by atoms with E-state index in [2.05, 4.69) is 31.4 Å². The number of benzene rings is 1. The molecule has 3 aliphatic rings. The van der Waals surface area contributed by atoms with Gasteiger partial charge >= 0.3 is 0 Å². The van der Waals surface area contributed by atoms with Gasteiger partial charge in [0.25, 0.3) is 0 Å². The Hall–Kier alpha value is -2.47. The second-order valence-corrected chi connectivity index (χ2v) is 7.12. The smallest absolute Gasteiger partial charge is 0.233 e. The average Bonchev–Trinajstić information content (AvgIpc) is 3.04. The van der Waals surface area contributed by atoms with Crippen LogP contribution in [0.2, 0.25) is 0 Å². The topological polar surface area (TPSA) is 66.9 Å². The van der Waals surface area contributed by atoms with E-state index in [1.807, 2.05) is 31.2 Å². The van der Waals surface area contributed by atoms with Crippen LogP contribution in [0, 0.1) is 12.8 Å². The van der Waals surface area contributed by atoms with Crippen molar-refractivity contribution in [1.82, 2.24) is 25.3 Å². The molecular formula is C19H21N5O. The molecule has 0 amide bonds. The normalized spacial score (nSPS) is 25.4. The highest BCUT2D eigenvalue weighted by molar-refractivity contribution is 5.85. The number of hydrogen-bond donors (Lipinski definition) is 1. The fourth-order valence-corrected chi connectivity index (χ4v) is 4.04. The van der Waals surface area contributed by atoms with Gasteiger partial charge in [0.05, 0.1) is 16.9 Å². The molecule has 0 saturated carbocycles. The third-order valence-electron chi connectivity index (χ3n) is 5.56. The Morgan fingerprint density at radius 3 is 2.72 bits per heavy atom. The molecule has 2 bridgehead atoms. The highest BCUT2D eigenvalue weighted by atomic mass is 16.5. The summed E-state index contributed by atoms with van der Waals surface area (Å²) < 4.78 is 6.13. The van der Waals surface area contributed by atoms with Crippen molar-refractivity contribution in [2.75, 3.05) is 19.6 Å². The first-order chi connectivity index (χ1) is 12.3. The Morgan fingerprint density at radius 1 is 1.12 bits per heavy atom. The maximum Gasteiger partial charge on any atom is 0.233 e. The van der Waals surface area contributed by atoms with Gasteiger partial charge in [-0.2, -0.15) is 5.10 Å². The fourth-order valence-electron chi connectivity index (χ4n) is 4.04. The number of aromatic amines is 1. The molecule has 128 valence electrons. The molecule has 5 heterocycles. The molecule has 25 heavy (non-hydrogen) atoms. The predicted molar refractivity (Wildman–Crippen MR) is 95.4 cm³/mol. The van der Waals surface area contributed by atoms with E-state index in [0.29, 0.717) is 11.8 Å². The van der Waals surface area contributed by atoms with E-state index in [9.17, 15) is 0 Å². The Balaban J connectivity index is 1.36. The van der Waals surface area contributed by atoms with Crippen LogP contribution in [0.25, 0.3) is 22.2 Å². The van der Waals surface area contributed by atoms with Gasteiger partial charge in [-0.15, -0.1) is 10.2 Å². The van der Waals surface area contributed by atoms with Crippen molar-refractivity contribution < 1.29 is 4.74 Å². The lowest BCUT2D eigenvalue weighted by Gasteiger charge is -2.44. The molecule has 3 saturated heterocycles. The van der Waals surface area contributed by atoms with Crippen molar-refractivity contribution in [2.45, 2.75) is 25.9 Å². The van der Waals surface area contributed by atoms with Crippen molar-refractivity contribution in [3.63, 3.8) is 0 Å². The van der Waals surface area contributed by atoms with Gasteiger partial charge in [-0.05, 0) is 57.0 Å². The SMILES string of the molecule is Cc1n[nH]c2ccc(-c3ccc(OC4CN5CCC4CC5)nn3)cc12. The third kappa shape index (κ3) is 2.66. The van der Waals surface area contributed by atoms with E-state index in [1.54, 1.807) is 0 Å². The summed E-state index contributed by atoms with van der Waals surface area (Å²) in [5.74, 6) is 1.29. The first kappa shape index (κ1) is 14.8. The van der Waals surface area contributed by atoms with Crippen LogP contribution in [0.3, 0.4) is 0 Å². The zero-order chi connectivity index (χ0) is 16.8. The molecule has 6 rings (SSSR count). The maximum atomic E-state index is 6.13. The zero-order valence-corrected chi connectivity index (χ0v) is 14.3. The van der Waals surface area contributed by atoms with E-state index in [1.165, 1.54) is 25.9 Å². The van der Waals surface area contributed by atoms with Gasteiger partial charge < -0.3 is 4.74 Å². The van der Waals surface area contributed by atoms with Crippen molar-refractivity contribution in [3.8, 4) is 17.1 Å². The second kappa shape index (κ2) is 5.81. The quantitative estimate of drug-likeness (QED) is 0.797. The van der Waals surface area contributed by atoms with E-state index in [4.69, 9.17) is 4.74 Å². The van der Waals surface area contributed by atoms with Crippen LogP contribution in [-0.2, 0) is 0 Å². The third-order valence-corrected chi connectivity index (χ3v) is 5.56. The van der Waals surface area contributed by atoms with E-state index in [0.717, 1.165) is 34.4 Å². The summed E-state index contributed by atoms with van der Waals surface area (Å²) in [4.78, 5) is 2.48. The highest BCUT2D eigenvalue weighted by Crippen LogP contribution is 2.30. The lowest BCUT2D eigenvalue weighted by molar-refractivity contribution is -0.0103. The van der Waals surface area contributed by atoms with Crippen LogP contribution in [0.15, 0.2) is 30.3 Å². The Morgan fingerprint density at radius 2 is 2.00 bits per heavy atom. The van der Waals surface area contributed by atoms with Crippen LogP contribution >= 0.6 is 0 Å². The van der Waals surface area contributed by atoms with Gasteiger partial charge in [0.2, 0.25) is 5.88 Å². The first-order valence-electron chi connectivity index (χ1n) is 8.94. The summed E-state index contributed by atoms with van der Waals surface area (Å²) in [5, 5.41) is 17.1. The van der Waals surface area contributed by atoms with Gasteiger partial charge in [0, 0.05) is 23.6 Å². The number of nitrogens with one attached hydrogen (secondary N) is 1. The standard InChI is InChI=1S/C19H21N5O/c1-12-15-10-14(2-3-17(15)22-20-12)16-4-5-19(23-21-16)25-18-11-24-8-6-13(18)7-9-24/h2-5,10,13,18H,6-9,11H2,1H3,(H,20,22). The number of ether oxygens (including phenoxy) is 1. The molecule has 1 unspecified atom stereocenters. The van der Waals surface area contributed by atoms with Gasteiger partial charge in [0.1, 0.15) is 6.10 Å². The number of H-pyrrole nitrogens is 1. The minimum absolute atomic E-state index is 0.257. The van der Waals surface area contributed by atoms with Crippen LogP contribution in [0.4, 0.5) is 0 Å². The lowest BCUT2D eigenvalue weighted by Crippen LogP contribution is -2.52. The van der Waals surface area contributed by atoms with Gasteiger partial charge in [-0.1, -0.05) is 6.07 Å². The number of rotatable bonds is 3. The van der Waals surface area contributed by atoms with Crippen LogP contribution in [0.5, 0.6) is 5.88 Å². The van der Waals surface area contributed by atoms with Crippen molar-refractivity contribution >= 4 is 10.9 Å². The molecule has 0 spiro atoms. The molecule has 1 N–H and O–H groups in total. The number of piperidine rings is 3. The monoisotopic (exact) mass is 335 g/mol. The molecule has 0 radical (unpaired) electrons. The number of nitrogens with zero attached hydrogens (tertiary/aromatic N) is 4. The van der Waals surface area contributed by atoms with E-state index >= 15 is 0 Å². The number of hydrogen-bond acceptors (Lipinski definition) is 5. The van der Waals surface area contributed by atoms with Crippen LogP contribution in [0.1, 0.15) is 18.5 Å². The van der Waals surface area contributed by atoms with Gasteiger partial charge in [-0.3, -0.25) is 10.00 Å². The highest BCUT2D eigenvalue weighted by Gasteiger charge is 2.35. The largest absolute Gasteiger partial charge is 0.472 e. The first-order valence-corrected chi connectivity index (χ1v) is 8.94. The number of aryl methyl sites for hydroxylation is 1. The number of aromatic nitrogens is 4. The molecule has 6 heteroatoms. The van der Waals surface area contributed by atoms with Crippen LogP contribution < -0.4 is 4.74 Å². The van der Waals surface area contributed by atoms with Crippen LogP contribution in [-0.4, -0.2) is 51.0 Å². The van der Waals surface area contributed by atoms with E-state index in [-0.39, 0.29) is 6.10 Å². The van der Waals surface area contributed by atoms with Crippen molar-refractivity contribution in [1.29, 1.82) is 0 Å². The fraction of sp³-hybridized carbons (Fsp3) is 0.421. The summed E-state index contributed by atoms with van der Waals surface area (Å²) >= 11 is 0. The summed E-state index contributed by atoms with van der Waals surface area (Å²) in [6.07, 6.45) is 2.73. The van der Waals surface area contributed by atoms with Crippen molar-refractivity contribution in [2.24, 2.45) is 5.92 Å². The number of fused-ring (bicyclic) bond motifs is 4. The Labute approximate surface area is 146 Å².